The molecule has 0 radical (unpaired) electrons. The van der Waals surface area contributed by atoms with Gasteiger partial charge in [0, 0.05) is 18.7 Å². The van der Waals surface area contributed by atoms with Crippen molar-refractivity contribution in [2.75, 3.05) is 11.4 Å². The van der Waals surface area contributed by atoms with E-state index in [0.29, 0.717) is 46.4 Å². The van der Waals surface area contributed by atoms with Crippen LogP contribution >= 0.6 is 11.8 Å². The Morgan fingerprint density at radius 2 is 1.87 bits per heavy atom. The summed E-state index contributed by atoms with van der Waals surface area (Å²) in [6, 6.07) is 13.4. The monoisotopic (exact) mass is 549 g/mol. The Morgan fingerprint density at radius 1 is 1.08 bits per heavy atom. The van der Waals surface area contributed by atoms with Gasteiger partial charge < -0.3 is 9.88 Å². The average molecular weight is 550 g/mol. The van der Waals surface area contributed by atoms with Crippen LogP contribution in [-0.2, 0) is 24.9 Å². The van der Waals surface area contributed by atoms with Gasteiger partial charge in [-0.25, -0.2) is 9.97 Å². The summed E-state index contributed by atoms with van der Waals surface area (Å²) in [6.45, 7) is 2.90. The number of benzene rings is 2. The maximum atomic E-state index is 14.1. The second-order valence-electron chi connectivity index (χ2n) is 9.85. The summed E-state index contributed by atoms with van der Waals surface area (Å²) < 4.78 is 41.4. The van der Waals surface area contributed by atoms with Crippen LogP contribution in [0.25, 0.3) is 11.0 Å². The summed E-state index contributed by atoms with van der Waals surface area (Å²) >= 11 is 1.56. The van der Waals surface area contributed by atoms with Crippen molar-refractivity contribution in [1.82, 2.24) is 19.5 Å². The van der Waals surface area contributed by atoms with Gasteiger partial charge in [-0.15, -0.1) is 0 Å². The van der Waals surface area contributed by atoms with Crippen LogP contribution in [0.15, 0.2) is 82.8 Å². The molecule has 1 N–H and O–H groups in total. The molecule has 0 spiro atoms. The van der Waals surface area contributed by atoms with E-state index in [9.17, 15) is 18.0 Å². The summed E-state index contributed by atoms with van der Waals surface area (Å²) in [7, 11) is 0. The van der Waals surface area contributed by atoms with Gasteiger partial charge in [0.15, 0.2) is 5.16 Å². The number of halogens is 3. The van der Waals surface area contributed by atoms with E-state index < -0.39 is 11.7 Å². The Hall–Kier alpha value is -3.79. The maximum absolute atomic E-state index is 14.1. The molecular weight excluding hydrogens is 523 g/mol. The maximum Gasteiger partial charge on any atom is 0.416 e. The number of nitrogens with one attached hydrogen (secondary N) is 1. The summed E-state index contributed by atoms with van der Waals surface area (Å²) in [5.41, 5.74) is 2.44. The van der Waals surface area contributed by atoms with Crippen molar-refractivity contribution in [3.8, 4) is 0 Å². The number of aromatic nitrogens is 4. The molecule has 2 atom stereocenters. The van der Waals surface area contributed by atoms with Crippen molar-refractivity contribution in [2.24, 2.45) is 5.92 Å². The van der Waals surface area contributed by atoms with Gasteiger partial charge in [0.2, 0.25) is 5.95 Å². The normalized spacial score (nSPS) is 19.0. The lowest BCUT2D eigenvalue weighted by Gasteiger charge is -2.31. The first-order valence-electron chi connectivity index (χ1n) is 12.8. The van der Waals surface area contributed by atoms with Gasteiger partial charge >= 0.3 is 6.18 Å². The number of allylic oxidation sites excluding steroid dienone is 4. The van der Waals surface area contributed by atoms with Crippen molar-refractivity contribution in [2.45, 2.75) is 43.0 Å². The van der Waals surface area contributed by atoms with Crippen molar-refractivity contribution in [1.29, 1.82) is 0 Å². The minimum absolute atomic E-state index is 0.0902. The second-order valence-corrected chi connectivity index (χ2v) is 10.8. The molecule has 6 nitrogen and oxygen atoms in total. The van der Waals surface area contributed by atoms with E-state index in [-0.39, 0.29) is 24.1 Å². The summed E-state index contributed by atoms with van der Waals surface area (Å²) in [5, 5.41) is 0.691. The number of fused-ring (bicyclic) bond motifs is 2. The number of anilines is 1. The van der Waals surface area contributed by atoms with E-state index in [2.05, 4.69) is 35.1 Å². The molecular formula is C29H26F3N5OS. The van der Waals surface area contributed by atoms with E-state index in [0.717, 1.165) is 23.4 Å². The molecule has 0 saturated carbocycles. The number of H-pyrrole nitrogens is 1. The fraction of sp³-hybridized carbons (Fsp3) is 0.276. The molecule has 10 heteroatoms. The molecule has 2 aliphatic rings. The lowest BCUT2D eigenvalue weighted by molar-refractivity contribution is -0.137. The van der Waals surface area contributed by atoms with Gasteiger partial charge in [-0.1, -0.05) is 73.3 Å². The van der Waals surface area contributed by atoms with Crippen molar-refractivity contribution < 1.29 is 13.2 Å². The molecule has 4 aromatic rings. The lowest BCUT2D eigenvalue weighted by Crippen LogP contribution is -2.40. The third kappa shape index (κ3) is 5.01. The number of imidazole rings is 1. The topological polar surface area (TPSA) is 66.8 Å². The summed E-state index contributed by atoms with van der Waals surface area (Å²) in [5.74, 6) is 1.25. The number of thioether (sulfide) groups is 1. The first-order chi connectivity index (χ1) is 18.8. The highest BCUT2D eigenvalue weighted by Gasteiger charge is 2.32. The minimum Gasteiger partial charge on any atom is -0.337 e. The molecule has 200 valence electrons. The van der Waals surface area contributed by atoms with E-state index >= 15 is 0 Å². The number of hydrogen-bond acceptors (Lipinski definition) is 5. The highest BCUT2D eigenvalue weighted by molar-refractivity contribution is 7.98. The Kier molecular flexibility index (Phi) is 6.58. The van der Waals surface area contributed by atoms with Gasteiger partial charge in [-0.2, -0.15) is 13.2 Å². The molecule has 2 aromatic carbocycles. The van der Waals surface area contributed by atoms with E-state index in [1.165, 1.54) is 6.07 Å². The largest absolute Gasteiger partial charge is 0.416 e. The molecule has 0 amide bonds. The quantitative estimate of drug-likeness (QED) is 0.234. The summed E-state index contributed by atoms with van der Waals surface area (Å²) in [4.78, 5) is 28.5. The predicted octanol–water partition coefficient (Wildman–Crippen LogP) is 6.30. The Bertz CT molecular complexity index is 1640. The van der Waals surface area contributed by atoms with Crippen LogP contribution < -0.4 is 10.5 Å². The van der Waals surface area contributed by atoms with Crippen LogP contribution in [0, 0.1) is 5.92 Å². The summed E-state index contributed by atoms with van der Waals surface area (Å²) in [6.07, 6.45) is 4.16. The molecule has 0 bridgehead atoms. The van der Waals surface area contributed by atoms with Crippen LogP contribution in [0.1, 0.15) is 35.3 Å². The predicted molar refractivity (Wildman–Crippen MR) is 147 cm³/mol. The molecule has 6 rings (SSSR count). The van der Waals surface area contributed by atoms with E-state index in [4.69, 9.17) is 4.98 Å². The van der Waals surface area contributed by atoms with Crippen molar-refractivity contribution >= 4 is 28.7 Å². The van der Waals surface area contributed by atoms with E-state index in [1.54, 1.807) is 16.3 Å². The zero-order valence-corrected chi connectivity index (χ0v) is 22.0. The zero-order valence-electron chi connectivity index (χ0n) is 21.2. The molecule has 0 saturated heterocycles. The molecule has 1 aliphatic carbocycles. The molecule has 0 fully saturated rings. The van der Waals surface area contributed by atoms with Crippen LogP contribution in [0.4, 0.5) is 19.1 Å². The molecule has 1 aliphatic heterocycles. The second kappa shape index (κ2) is 10.1. The van der Waals surface area contributed by atoms with Gasteiger partial charge in [0.1, 0.15) is 0 Å². The third-order valence-corrected chi connectivity index (χ3v) is 8.23. The number of alkyl halides is 3. The standard InChI is InChI=1S/C29H26F3N5OS/c1-18-7-5-6-10-25(18)37-26(38)21-16-36(27-33-23-12-11-20(29(30,31)32)15-24(23)34-27)14-13-22(21)35-28(37)39-17-19-8-3-2-4-9-19/h2-12,15,18,25H,13-14,16-17H2,1H3,(H,33,34). The third-order valence-electron chi connectivity index (χ3n) is 7.21. The zero-order chi connectivity index (χ0) is 27.1. The number of aromatic amines is 1. The van der Waals surface area contributed by atoms with Crippen LogP contribution in [0.2, 0.25) is 0 Å². The van der Waals surface area contributed by atoms with Gasteiger partial charge in [-0.3, -0.25) is 9.36 Å². The van der Waals surface area contributed by atoms with Crippen LogP contribution in [0.3, 0.4) is 0 Å². The number of rotatable bonds is 5. The van der Waals surface area contributed by atoms with Crippen LogP contribution in [-0.4, -0.2) is 26.1 Å². The highest BCUT2D eigenvalue weighted by Crippen LogP contribution is 2.33. The highest BCUT2D eigenvalue weighted by atomic mass is 32.2. The fourth-order valence-electron chi connectivity index (χ4n) is 5.09. The van der Waals surface area contributed by atoms with Crippen LogP contribution in [0.5, 0.6) is 0 Å². The lowest BCUT2D eigenvalue weighted by atomic mass is 9.96. The molecule has 39 heavy (non-hydrogen) atoms. The van der Waals surface area contributed by atoms with Gasteiger partial charge in [0.25, 0.3) is 5.56 Å². The molecule has 3 heterocycles. The Balaban J connectivity index is 1.35. The average Bonchev–Trinajstić information content (AvgIpc) is 3.36. The first-order valence-corrected chi connectivity index (χ1v) is 13.7. The number of hydrogen-bond donors (Lipinski definition) is 1. The van der Waals surface area contributed by atoms with Crippen molar-refractivity contribution in [3.05, 3.63) is 106 Å². The minimum atomic E-state index is -4.43. The smallest absolute Gasteiger partial charge is 0.337 e. The van der Waals surface area contributed by atoms with Gasteiger partial charge in [-0.05, 0) is 29.7 Å². The van der Waals surface area contributed by atoms with Gasteiger partial charge in [0.05, 0.1) is 40.4 Å². The fourth-order valence-corrected chi connectivity index (χ4v) is 6.09. The Labute approximate surface area is 227 Å². The SMILES string of the molecule is CC1C=CC=CC1n1c(SCc2ccccc2)nc2c(c1=O)CN(c1nc3ccc(C(F)(F)F)cc3[nH]1)CC2. The molecule has 2 aromatic heterocycles. The Morgan fingerprint density at radius 3 is 2.64 bits per heavy atom. The number of nitrogens with zero attached hydrogens (tertiary/aromatic N) is 4. The first kappa shape index (κ1) is 25.5. The van der Waals surface area contributed by atoms with Crippen molar-refractivity contribution in [3.63, 3.8) is 0 Å². The van der Waals surface area contributed by atoms with E-state index in [1.807, 2.05) is 41.3 Å². The molecule has 2 unspecified atom stereocenters.